The van der Waals surface area contributed by atoms with Gasteiger partial charge in [0, 0.05) is 24.7 Å². The molecule has 0 spiro atoms. The molecule has 6 heteroatoms. The van der Waals surface area contributed by atoms with E-state index in [-0.39, 0.29) is 17.7 Å². The summed E-state index contributed by atoms with van der Waals surface area (Å²) in [4.78, 5) is 30.5. The summed E-state index contributed by atoms with van der Waals surface area (Å²) in [5, 5.41) is 2.85. The van der Waals surface area contributed by atoms with Crippen molar-refractivity contribution in [3.63, 3.8) is 0 Å². The van der Waals surface area contributed by atoms with Crippen LogP contribution in [0, 0.1) is 12.8 Å². The molecule has 0 saturated carbocycles. The molecule has 0 radical (unpaired) electrons. The number of nitrogens with one attached hydrogen (secondary N) is 1. The lowest BCUT2D eigenvalue weighted by molar-refractivity contribution is -0.121. The van der Waals surface area contributed by atoms with E-state index in [1.165, 1.54) is 6.26 Å². The third-order valence-electron chi connectivity index (χ3n) is 4.02. The number of carbonyl (C=O) groups is 2. The summed E-state index contributed by atoms with van der Waals surface area (Å²) in [6.45, 7) is 2.99. The lowest BCUT2D eigenvalue weighted by Gasteiger charge is -2.30. The van der Waals surface area contributed by atoms with E-state index in [1.54, 1.807) is 23.1 Å². The molecule has 0 unspecified atom stereocenters. The predicted molar refractivity (Wildman–Crippen MR) is 84.9 cm³/mol. The fraction of sp³-hybridized carbons (Fsp3) is 0.353. The summed E-state index contributed by atoms with van der Waals surface area (Å²) in [6, 6.07) is 8.88. The number of amides is 2. The number of pyridine rings is 1. The minimum Gasteiger partial charge on any atom is -0.459 e. The van der Waals surface area contributed by atoms with Crippen LogP contribution in [-0.2, 0) is 4.79 Å². The first-order valence-corrected chi connectivity index (χ1v) is 7.71. The van der Waals surface area contributed by atoms with E-state index in [9.17, 15) is 9.59 Å². The Morgan fingerprint density at radius 1 is 1.22 bits per heavy atom. The lowest BCUT2D eigenvalue weighted by Crippen LogP contribution is -2.41. The molecular formula is C17H19N3O3. The highest BCUT2D eigenvalue weighted by Gasteiger charge is 2.28. The second-order valence-corrected chi connectivity index (χ2v) is 5.70. The molecule has 2 amide bonds. The van der Waals surface area contributed by atoms with Crippen LogP contribution in [0.4, 0.5) is 5.82 Å². The van der Waals surface area contributed by atoms with Crippen LogP contribution in [0.2, 0.25) is 0 Å². The Balaban J connectivity index is 1.54. The van der Waals surface area contributed by atoms with Crippen molar-refractivity contribution in [3.05, 3.63) is 48.0 Å². The molecule has 1 N–H and O–H groups in total. The zero-order valence-electron chi connectivity index (χ0n) is 13.0. The lowest BCUT2D eigenvalue weighted by atomic mass is 9.95. The first kappa shape index (κ1) is 15.3. The van der Waals surface area contributed by atoms with Crippen LogP contribution in [-0.4, -0.2) is 34.8 Å². The first-order chi connectivity index (χ1) is 11.1. The van der Waals surface area contributed by atoms with E-state index in [4.69, 9.17) is 4.42 Å². The largest absolute Gasteiger partial charge is 0.459 e. The number of aryl methyl sites for hydroxylation is 1. The van der Waals surface area contributed by atoms with Gasteiger partial charge in [-0.05, 0) is 44.0 Å². The van der Waals surface area contributed by atoms with E-state index >= 15 is 0 Å². The van der Waals surface area contributed by atoms with Gasteiger partial charge in [0.15, 0.2) is 5.76 Å². The van der Waals surface area contributed by atoms with Crippen LogP contribution in [0.25, 0.3) is 0 Å². The van der Waals surface area contributed by atoms with Crippen molar-refractivity contribution in [2.45, 2.75) is 19.8 Å². The van der Waals surface area contributed by atoms with E-state index < -0.39 is 0 Å². The monoisotopic (exact) mass is 313 g/mol. The Hall–Kier alpha value is -2.63. The molecule has 6 nitrogen and oxygen atoms in total. The first-order valence-electron chi connectivity index (χ1n) is 7.71. The standard InChI is InChI=1S/C17H19N3O3/c1-12-4-2-6-15(18-12)19-16(21)13-7-9-20(10-8-13)17(22)14-5-3-11-23-14/h2-6,11,13H,7-10H2,1H3,(H,18,19,21). The number of aromatic nitrogens is 1. The molecule has 0 atom stereocenters. The number of piperidine rings is 1. The van der Waals surface area contributed by atoms with Crippen LogP contribution < -0.4 is 5.32 Å². The maximum Gasteiger partial charge on any atom is 0.289 e. The average Bonchev–Trinajstić information content (AvgIpc) is 3.09. The van der Waals surface area contributed by atoms with Gasteiger partial charge >= 0.3 is 0 Å². The van der Waals surface area contributed by atoms with E-state index in [0.717, 1.165) is 5.69 Å². The van der Waals surface area contributed by atoms with Crippen LogP contribution in [0.15, 0.2) is 41.0 Å². The molecule has 2 aromatic heterocycles. The normalized spacial score (nSPS) is 15.4. The van der Waals surface area contributed by atoms with Crippen molar-refractivity contribution in [1.82, 2.24) is 9.88 Å². The quantitative estimate of drug-likeness (QED) is 0.944. The van der Waals surface area contributed by atoms with Crippen molar-refractivity contribution in [1.29, 1.82) is 0 Å². The van der Waals surface area contributed by atoms with Crippen molar-refractivity contribution < 1.29 is 14.0 Å². The molecule has 3 rings (SSSR count). The number of hydrogen-bond acceptors (Lipinski definition) is 4. The smallest absolute Gasteiger partial charge is 0.289 e. The van der Waals surface area contributed by atoms with Gasteiger partial charge < -0.3 is 14.6 Å². The van der Waals surface area contributed by atoms with Gasteiger partial charge in [-0.25, -0.2) is 4.98 Å². The van der Waals surface area contributed by atoms with E-state index in [0.29, 0.717) is 37.5 Å². The molecule has 3 heterocycles. The van der Waals surface area contributed by atoms with Gasteiger partial charge in [0.05, 0.1) is 6.26 Å². The van der Waals surface area contributed by atoms with Gasteiger partial charge in [0.1, 0.15) is 5.82 Å². The zero-order chi connectivity index (χ0) is 16.2. The zero-order valence-corrected chi connectivity index (χ0v) is 13.0. The van der Waals surface area contributed by atoms with Gasteiger partial charge in [-0.3, -0.25) is 9.59 Å². The Labute approximate surface area is 134 Å². The van der Waals surface area contributed by atoms with Crippen molar-refractivity contribution >= 4 is 17.6 Å². The molecule has 1 fully saturated rings. The van der Waals surface area contributed by atoms with E-state index in [2.05, 4.69) is 10.3 Å². The summed E-state index contributed by atoms with van der Waals surface area (Å²) in [5.41, 5.74) is 0.863. The Morgan fingerprint density at radius 3 is 2.65 bits per heavy atom. The summed E-state index contributed by atoms with van der Waals surface area (Å²) in [6.07, 6.45) is 2.77. The number of hydrogen-bond donors (Lipinski definition) is 1. The van der Waals surface area contributed by atoms with Crippen LogP contribution in [0.3, 0.4) is 0 Å². The number of likely N-dealkylation sites (tertiary alicyclic amines) is 1. The number of nitrogens with zero attached hydrogens (tertiary/aromatic N) is 2. The SMILES string of the molecule is Cc1cccc(NC(=O)C2CCN(C(=O)c3ccco3)CC2)n1. The Bertz CT molecular complexity index is 689. The Kier molecular flexibility index (Phi) is 4.41. The number of furan rings is 1. The Morgan fingerprint density at radius 2 is 2.00 bits per heavy atom. The third-order valence-corrected chi connectivity index (χ3v) is 4.02. The van der Waals surface area contributed by atoms with Gasteiger partial charge in [0.2, 0.25) is 5.91 Å². The molecule has 23 heavy (non-hydrogen) atoms. The van der Waals surface area contributed by atoms with Crippen LogP contribution >= 0.6 is 0 Å². The van der Waals surface area contributed by atoms with Crippen molar-refractivity contribution in [2.75, 3.05) is 18.4 Å². The average molecular weight is 313 g/mol. The summed E-state index contributed by atoms with van der Waals surface area (Å²) in [7, 11) is 0. The minimum atomic E-state index is -0.116. The number of rotatable bonds is 3. The second kappa shape index (κ2) is 6.64. The molecular weight excluding hydrogens is 294 g/mol. The molecule has 1 aliphatic heterocycles. The van der Waals surface area contributed by atoms with E-state index in [1.807, 2.05) is 19.1 Å². The van der Waals surface area contributed by atoms with Gasteiger partial charge in [-0.1, -0.05) is 6.07 Å². The van der Waals surface area contributed by atoms with Crippen LogP contribution in [0.5, 0.6) is 0 Å². The predicted octanol–water partition coefficient (Wildman–Crippen LogP) is 2.47. The minimum absolute atomic E-state index is 0.0341. The second-order valence-electron chi connectivity index (χ2n) is 5.70. The highest BCUT2D eigenvalue weighted by atomic mass is 16.3. The van der Waals surface area contributed by atoms with Gasteiger partial charge in [-0.15, -0.1) is 0 Å². The summed E-state index contributed by atoms with van der Waals surface area (Å²) < 4.78 is 5.13. The topological polar surface area (TPSA) is 75.4 Å². The molecule has 0 aromatic carbocycles. The number of anilines is 1. The molecule has 0 bridgehead atoms. The summed E-state index contributed by atoms with van der Waals surface area (Å²) in [5.74, 6) is 0.668. The third kappa shape index (κ3) is 3.59. The maximum absolute atomic E-state index is 12.3. The van der Waals surface area contributed by atoms with Gasteiger partial charge in [0.25, 0.3) is 5.91 Å². The van der Waals surface area contributed by atoms with Crippen molar-refractivity contribution in [3.8, 4) is 0 Å². The molecule has 0 aliphatic carbocycles. The molecule has 120 valence electrons. The molecule has 1 saturated heterocycles. The maximum atomic E-state index is 12.3. The number of carbonyl (C=O) groups excluding carboxylic acids is 2. The highest BCUT2D eigenvalue weighted by molar-refractivity contribution is 5.93. The van der Waals surface area contributed by atoms with Gasteiger partial charge in [-0.2, -0.15) is 0 Å². The van der Waals surface area contributed by atoms with Crippen molar-refractivity contribution in [2.24, 2.45) is 5.92 Å². The fourth-order valence-electron chi connectivity index (χ4n) is 2.74. The summed E-state index contributed by atoms with van der Waals surface area (Å²) >= 11 is 0. The molecule has 1 aliphatic rings. The fourth-order valence-corrected chi connectivity index (χ4v) is 2.74. The van der Waals surface area contributed by atoms with Crippen LogP contribution in [0.1, 0.15) is 29.1 Å². The molecule has 2 aromatic rings. The highest BCUT2D eigenvalue weighted by Crippen LogP contribution is 2.20.